The molecule has 19 heavy (non-hydrogen) atoms. The van der Waals surface area contributed by atoms with Crippen molar-refractivity contribution in [3.8, 4) is 17.1 Å². The Morgan fingerprint density at radius 3 is 2.53 bits per heavy atom. The zero-order chi connectivity index (χ0) is 13.4. The second-order valence-corrected chi connectivity index (χ2v) is 5.38. The van der Waals surface area contributed by atoms with Gasteiger partial charge in [0.1, 0.15) is 22.5 Å². The number of hydrogen-bond donors (Lipinski definition) is 1. The molecule has 0 radical (unpaired) electrons. The Hall–Kier alpha value is -1.82. The van der Waals surface area contributed by atoms with Crippen LogP contribution in [0, 0.1) is 3.57 Å². The highest BCUT2D eigenvalue weighted by Gasteiger charge is 2.09. The van der Waals surface area contributed by atoms with Crippen molar-refractivity contribution >= 4 is 33.6 Å². The van der Waals surface area contributed by atoms with Crippen LogP contribution in [0.2, 0.25) is 0 Å². The van der Waals surface area contributed by atoms with Crippen molar-refractivity contribution in [1.82, 2.24) is 0 Å². The molecule has 0 aliphatic heterocycles. The van der Waals surface area contributed by atoms with Gasteiger partial charge in [-0.1, -0.05) is 18.2 Å². The normalized spacial score (nSPS) is 10.8. The largest absolute Gasteiger partial charge is 0.507 e. The van der Waals surface area contributed by atoms with Gasteiger partial charge in [0.05, 0.1) is 0 Å². The third kappa shape index (κ3) is 2.23. The van der Waals surface area contributed by atoms with E-state index in [-0.39, 0.29) is 16.6 Å². The quantitative estimate of drug-likeness (QED) is 0.669. The van der Waals surface area contributed by atoms with Gasteiger partial charge in [0.15, 0.2) is 5.43 Å². The summed E-state index contributed by atoms with van der Waals surface area (Å²) < 4.78 is 6.80. The fraction of sp³-hybridized carbons (Fsp3) is 0. The molecule has 0 unspecified atom stereocenters. The van der Waals surface area contributed by atoms with Crippen molar-refractivity contribution in [2.24, 2.45) is 0 Å². The minimum Gasteiger partial charge on any atom is -0.507 e. The van der Waals surface area contributed by atoms with E-state index < -0.39 is 0 Å². The van der Waals surface area contributed by atoms with Crippen LogP contribution in [0.1, 0.15) is 0 Å². The van der Waals surface area contributed by atoms with Crippen molar-refractivity contribution in [2.75, 3.05) is 0 Å². The number of halogens is 1. The molecular formula is C15H9IO3. The molecule has 0 spiro atoms. The summed E-state index contributed by atoms with van der Waals surface area (Å²) in [7, 11) is 0. The van der Waals surface area contributed by atoms with E-state index in [2.05, 4.69) is 22.6 Å². The molecule has 4 heteroatoms. The van der Waals surface area contributed by atoms with E-state index in [1.807, 2.05) is 24.3 Å². The number of benzene rings is 2. The predicted molar refractivity (Wildman–Crippen MR) is 82.3 cm³/mol. The molecule has 0 saturated heterocycles. The van der Waals surface area contributed by atoms with Gasteiger partial charge in [0.2, 0.25) is 0 Å². The number of rotatable bonds is 1. The van der Waals surface area contributed by atoms with Crippen LogP contribution >= 0.6 is 22.6 Å². The molecule has 1 aromatic heterocycles. The summed E-state index contributed by atoms with van der Waals surface area (Å²) in [6.45, 7) is 0. The van der Waals surface area contributed by atoms with Crippen LogP contribution in [0.5, 0.6) is 5.75 Å². The highest BCUT2D eigenvalue weighted by molar-refractivity contribution is 14.1. The maximum atomic E-state index is 12.0. The molecule has 2 aromatic carbocycles. The molecule has 94 valence electrons. The lowest BCUT2D eigenvalue weighted by atomic mass is 10.1. The van der Waals surface area contributed by atoms with Crippen molar-refractivity contribution in [1.29, 1.82) is 0 Å². The predicted octanol–water partition coefficient (Wildman–Crippen LogP) is 3.77. The first-order chi connectivity index (χ1) is 9.15. The Morgan fingerprint density at radius 1 is 1.05 bits per heavy atom. The standard InChI is InChI=1S/C15H9IO3/c16-10-6-4-9(5-7-10)14-8-12(18)15-11(17)2-1-3-13(15)19-14/h1-8,17H. The van der Waals surface area contributed by atoms with Crippen molar-refractivity contribution < 1.29 is 9.52 Å². The van der Waals surface area contributed by atoms with Gasteiger partial charge in [-0.25, -0.2) is 0 Å². The zero-order valence-corrected chi connectivity index (χ0v) is 11.9. The van der Waals surface area contributed by atoms with Crippen LogP contribution in [-0.4, -0.2) is 5.11 Å². The molecule has 0 aliphatic rings. The van der Waals surface area contributed by atoms with Gasteiger partial charge in [0.25, 0.3) is 0 Å². The van der Waals surface area contributed by atoms with Gasteiger partial charge in [-0.05, 0) is 46.9 Å². The van der Waals surface area contributed by atoms with Gasteiger partial charge < -0.3 is 9.52 Å². The molecule has 3 aromatic rings. The summed E-state index contributed by atoms with van der Waals surface area (Å²) in [6.07, 6.45) is 0. The lowest BCUT2D eigenvalue weighted by Gasteiger charge is -2.04. The molecule has 1 N–H and O–H groups in total. The molecule has 0 atom stereocenters. The van der Waals surface area contributed by atoms with Gasteiger partial charge >= 0.3 is 0 Å². The Kier molecular flexibility index (Phi) is 3.02. The van der Waals surface area contributed by atoms with E-state index in [0.29, 0.717) is 11.3 Å². The van der Waals surface area contributed by atoms with E-state index >= 15 is 0 Å². The van der Waals surface area contributed by atoms with Crippen LogP contribution < -0.4 is 5.43 Å². The van der Waals surface area contributed by atoms with Crippen LogP contribution in [0.3, 0.4) is 0 Å². The molecular weight excluding hydrogens is 355 g/mol. The highest BCUT2D eigenvalue weighted by Crippen LogP contribution is 2.26. The molecule has 0 fully saturated rings. The number of phenolic OH excluding ortho intramolecular Hbond substituents is 1. The first-order valence-electron chi connectivity index (χ1n) is 5.67. The topological polar surface area (TPSA) is 50.4 Å². The van der Waals surface area contributed by atoms with Gasteiger partial charge in [0, 0.05) is 15.2 Å². The SMILES string of the molecule is O=c1cc(-c2ccc(I)cc2)oc2cccc(O)c12. The lowest BCUT2D eigenvalue weighted by molar-refractivity contribution is 0.479. The summed E-state index contributed by atoms with van der Waals surface area (Å²) >= 11 is 2.22. The molecule has 0 aliphatic carbocycles. The van der Waals surface area contributed by atoms with E-state index in [0.717, 1.165) is 9.13 Å². The molecule has 3 rings (SSSR count). The van der Waals surface area contributed by atoms with Crippen LogP contribution in [-0.2, 0) is 0 Å². The summed E-state index contributed by atoms with van der Waals surface area (Å²) in [5, 5.41) is 9.91. The molecule has 0 bridgehead atoms. The Balaban J connectivity index is 2.27. The number of fused-ring (bicyclic) bond motifs is 1. The minimum absolute atomic E-state index is 0.0552. The number of aromatic hydroxyl groups is 1. The summed E-state index contributed by atoms with van der Waals surface area (Å²) in [6, 6.07) is 13.9. The van der Waals surface area contributed by atoms with Crippen LogP contribution in [0.15, 0.2) is 57.7 Å². The summed E-state index contributed by atoms with van der Waals surface area (Å²) in [4.78, 5) is 12.0. The number of phenols is 1. The first-order valence-corrected chi connectivity index (χ1v) is 6.75. The Morgan fingerprint density at radius 2 is 1.79 bits per heavy atom. The fourth-order valence-electron chi connectivity index (χ4n) is 1.95. The van der Waals surface area contributed by atoms with Gasteiger partial charge in [-0.2, -0.15) is 0 Å². The minimum atomic E-state index is -0.243. The van der Waals surface area contributed by atoms with E-state index in [1.54, 1.807) is 12.1 Å². The second-order valence-electron chi connectivity index (χ2n) is 4.13. The smallest absolute Gasteiger partial charge is 0.197 e. The van der Waals surface area contributed by atoms with Crippen molar-refractivity contribution in [3.63, 3.8) is 0 Å². The third-order valence-corrected chi connectivity index (χ3v) is 3.58. The monoisotopic (exact) mass is 364 g/mol. The second kappa shape index (κ2) is 4.70. The summed E-state index contributed by atoms with van der Waals surface area (Å²) in [5.74, 6) is 0.444. The average molecular weight is 364 g/mol. The molecule has 1 heterocycles. The Bertz CT molecular complexity index is 804. The number of hydrogen-bond acceptors (Lipinski definition) is 3. The maximum absolute atomic E-state index is 12.0. The van der Waals surface area contributed by atoms with E-state index in [9.17, 15) is 9.90 Å². The van der Waals surface area contributed by atoms with Gasteiger partial charge in [-0.3, -0.25) is 4.79 Å². The molecule has 0 amide bonds. The van der Waals surface area contributed by atoms with Gasteiger partial charge in [-0.15, -0.1) is 0 Å². The average Bonchev–Trinajstić information content (AvgIpc) is 2.39. The maximum Gasteiger partial charge on any atom is 0.197 e. The van der Waals surface area contributed by atoms with Crippen molar-refractivity contribution in [3.05, 3.63) is 62.3 Å². The Labute approximate surface area is 122 Å². The van der Waals surface area contributed by atoms with E-state index in [1.165, 1.54) is 12.1 Å². The zero-order valence-electron chi connectivity index (χ0n) is 9.76. The van der Waals surface area contributed by atoms with Crippen LogP contribution in [0.25, 0.3) is 22.3 Å². The fourth-order valence-corrected chi connectivity index (χ4v) is 2.31. The van der Waals surface area contributed by atoms with Crippen molar-refractivity contribution in [2.45, 2.75) is 0 Å². The van der Waals surface area contributed by atoms with Crippen LogP contribution in [0.4, 0.5) is 0 Å². The van der Waals surface area contributed by atoms with E-state index in [4.69, 9.17) is 4.42 Å². The highest BCUT2D eigenvalue weighted by atomic mass is 127. The molecule has 0 saturated carbocycles. The summed E-state index contributed by atoms with van der Waals surface area (Å²) in [5.41, 5.74) is 0.983. The lowest BCUT2D eigenvalue weighted by Crippen LogP contribution is -2.00. The third-order valence-electron chi connectivity index (χ3n) is 2.86. The molecule has 3 nitrogen and oxygen atoms in total. The first kappa shape index (κ1) is 12.2.